The van der Waals surface area contributed by atoms with Gasteiger partial charge in [0.15, 0.2) is 0 Å². The van der Waals surface area contributed by atoms with E-state index in [0.717, 1.165) is 36.3 Å². The molecule has 1 fully saturated rings. The van der Waals surface area contributed by atoms with E-state index in [1.54, 1.807) is 18.2 Å². The van der Waals surface area contributed by atoms with Crippen LogP contribution in [0.3, 0.4) is 0 Å². The van der Waals surface area contributed by atoms with E-state index in [9.17, 15) is 21.6 Å². The van der Waals surface area contributed by atoms with E-state index >= 15 is 0 Å². The lowest BCUT2D eigenvalue weighted by Crippen LogP contribution is -2.40. The van der Waals surface area contributed by atoms with Crippen LogP contribution in [0, 0.1) is 0 Å². The first-order valence-corrected chi connectivity index (χ1v) is 13.9. The average Bonchev–Trinajstić information content (AvgIpc) is 2.92. The highest BCUT2D eigenvalue weighted by Crippen LogP contribution is 2.24. The molecule has 210 valence electrons. The molecular formula is C28H32F3N3O4S. The van der Waals surface area contributed by atoms with Gasteiger partial charge >= 0.3 is 12.1 Å². The van der Waals surface area contributed by atoms with Gasteiger partial charge in [0.2, 0.25) is 10.0 Å². The SMILES string of the molecule is CN1CCC(NCc2cccc(-c3cccc(S(=O)(=O)NCc4ccccc4)c3)c2)CC1.O=C(O)C(F)(F)F. The lowest BCUT2D eigenvalue weighted by molar-refractivity contribution is -0.192. The Balaban J connectivity index is 0.000000532. The molecule has 0 spiro atoms. The molecule has 1 saturated heterocycles. The Bertz CT molecular complexity index is 1330. The number of carbonyl (C=O) groups is 1. The van der Waals surface area contributed by atoms with Crippen LogP contribution in [0.1, 0.15) is 24.0 Å². The molecule has 39 heavy (non-hydrogen) atoms. The molecule has 0 aliphatic carbocycles. The first-order valence-electron chi connectivity index (χ1n) is 12.4. The minimum Gasteiger partial charge on any atom is -0.475 e. The summed E-state index contributed by atoms with van der Waals surface area (Å²) >= 11 is 0. The minimum absolute atomic E-state index is 0.269. The molecule has 1 aliphatic heterocycles. The third kappa shape index (κ3) is 9.77. The predicted molar refractivity (Wildman–Crippen MR) is 143 cm³/mol. The van der Waals surface area contributed by atoms with Crippen LogP contribution in [-0.2, 0) is 27.9 Å². The molecule has 0 aromatic heterocycles. The molecule has 1 aliphatic rings. The standard InChI is InChI=1S/C26H31N3O2S.C2HF3O2/c1-29-15-13-25(14-16-29)27-19-22-9-5-10-23(17-22)24-11-6-12-26(18-24)32(30,31)28-20-21-7-3-2-4-8-21;3-2(4,5)1(6)7/h2-12,17-18,25,27-28H,13-16,19-20H2,1H3;(H,6,7). The fraction of sp³-hybridized carbons (Fsp3) is 0.321. The maximum atomic E-state index is 12.8. The van der Waals surface area contributed by atoms with E-state index in [4.69, 9.17) is 9.90 Å². The monoisotopic (exact) mass is 563 g/mol. The predicted octanol–water partition coefficient (Wildman–Crippen LogP) is 4.65. The number of carboxylic acid groups (broad SMARTS) is 1. The molecule has 0 radical (unpaired) electrons. The van der Waals surface area contributed by atoms with Crippen molar-refractivity contribution in [2.45, 2.75) is 43.0 Å². The van der Waals surface area contributed by atoms with Crippen LogP contribution in [0.4, 0.5) is 13.2 Å². The quantitative estimate of drug-likeness (QED) is 0.369. The van der Waals surface area contributed by atoms with E-state index in [1.807, 2.05) is 48.5 Å². The van der Waals surface area contributed by atoms with Gasteiger partial charge in [-0.2, -0.15) is 13.2 Å². The van der Waals surface area contributed by atoms with Crippen molar-refractivity contribution in [1.29, 1.82) is 0 Å². The summed E-state index contributed by atoms with van der Waals surface area (Å²) < 4.78 is 60.1. The van der Waals surface area contributed by atoms with Gasteiger partial charge in [0.1, 0.15) is 0 Å². The second-order valence-electron chi connectivity index (χ2n) is 9.30. The molecule has 0 bridgehead atoms. The van der Waals surface area contributed by atoms with Crippen LogP contribution in [-0.4, -0.2) is 56.7 Å². The summed E-state index contributed by atoms with van der Waals surface area (Å²) in [4.78, 5) is 11.5. The number of likely N-dealkylation sites (tertiary alicyclic amines) is 1. The number of halogens is 3. The van der Waals surface area contributed by atoms with Gasteiger partial charge in [0, 0.05) is 19.1 Å². The normalized spacial score (nSPS) is 14.9. The van der Waals surface area contributed by atoms with Gasteiger partial charge < -0.3 is 15.3 Å². The van der Waals surface area contributed by atoms with Gasteiger partial charge in [0.05, 0.1) is 4.90 Å². The van der Waals surface area contributed by atoms with E-state index < -0.39 is 22.2 Å². The summed E-state index contributed by atoms with van der Waals surface area (Å²) in [5, 5.41) is 10.8. The number of hydrogen-bond acceptors (Lipinski definition) is 5. The van der Waals surface area contributed by atoms with Crippen LogP contribution < -0.4 is 10.0 Å². The van der Waals surface area contributed by atoms with E-state index in [2.05, 4.69) is 34.1 Å². The fourth-order valence-electron chi connectivity index (χ4n) is 4.04. The number of hydrogen-bond donors (Lipinski definition) is 3. The largest absolute Gasteiger partial charge is 0.490 e. The van der Waals surface area contributed by atoms with Crippen molar-refractivity contribution in [3.8, 4) is 11.1 Å². The summed E-state index contributed by atoms with van der Waals surface area (Å²) in [6.45, 7) is 3.36. The highest BCUT2D eigenvalue weighted by atomic mass is 32.2. The Labute approximate surface area is 226 Å². The molecule has 0 amide bonds. The molecule has 7 nitrogen and oxygen atoms in total. The number of piperidine rings is 1. The summed E-state index contributed by atoms with van der Waals surface area (Å²) in [6, 6.07) is 25.6. The Morgan fingerprint density at radius 1 is 0.897 bits per heavy atom. The van der Waals surface area contributed by atoms with Crippen molar-refractivity contribution >= 4 is 16.0 Å². The maximum Gasteiger partial charge on any atom is 0.490 e. The highest BCUT2D eigenvalue weighted by molar-refractivity contribution is 7.89. The topological polar surface area (TPSA) is 98.7 Å². The Morgan fingerprint density at radius 3 is 2.08 bits per heavy atom. The second kappa shape index (κ2) is 13.7. The van der Waals surface area contributed by atoms with Gasteiger partial charge in [-0.1, -0.05) is 60.7 Å². The summed E-state index contributed by atoms with van der Waals surface area (Å²) in [5.41, 5.74) is 4.05. The first-order chi connectivity index (χ1) is 18.4. The number of rotatable bonds is 8. The van der Waals surface area contributed by atoms with Crippen LogP contribution >= 0.6 is 0 Å². The number of benzene rings is 3. The zero-order chi connectivity index (χ0) is 28.5. The molecule has 0 unspecified atom stereocenters. The molecule has 0 atom stereocenters. The van der Waals surface area contributed by atoms with Crippen molar-refractivity contribution < 1.29 is 31.5 Å². The zero-order valence-corrected chi connectivity index (χ0v) is 22.3. The van der Waals surface area contributed by atoms with Crippen LogP contribution in [0.5, 0.6) is 0 Å². The second-order valence-corrected chi connectivity index (χ2v) is 11.1. The molecule has 11 heteroatoms. The smallest absolute Gasteiger partial charge is 0.475 e. The molecular weight excluding hydrogens is 531 g/mol. The maximum absolute atomic E-state index is 12.8. The fourth-order valence-corrected chi connectivity index (χ4v) is 5.10. The van der Waals surface area contributed by atoms with E-state index in [1.165, 1.54) is 18.4 Å². The zero-order valence-electron chi connectivity index (χ0n) is 21.5. The van der Waals surface area contributed by atoms with Crippen molar-refractivity contribution in [1.82, 2.24) is 14.9 Å². The first kappa shape index (κ1) is 30.3. The van der Waals surface area contributed by atoms with Crippen molar-refractivity contribution in [2.75, 3.05) is 20.1 Å². The van der Waals surface area contributed by atoms with Crippen LogP contribution in [0.25, 0.3) is 11.1 Å². The molecule has 1 heterocycles. The third-order valence-electron chi connectivity index (χ3n) is 6.27. The minimum atomic E-state index is -5.08. The Kier molecular flexibility index (Phi) is 10.6. The Hall–Kier alpha value is -3.25. The lowest BCUT2D eigenvalue weighted by atomic mass is 10.0. The number of nitrogens with one attached hydrogen (secondary N) is 2. The molecule has 0 saturated carbocycles. The van der Waals surface area contributed by atoms with Crippen LogP contribution in [0.2, 0.25) is 0 Å². The van der Waals surface area contributed by atoms with Gasteiger partial charge in [-0.15, -0.1) is 0 Å². The highest BCUT2D eigenvalue weighted by Gasteiger charge is 2.38. The Morgan fingerprint density at radius 2 is 1.46 bits per heavy atom. The number of aliphatic carboxylic acids is 1. The number of nitrogens with zero attached hydrogens (tertiary/aromatic N) is 1. The van der Waals surface area contributed by atoms with Gasteiger partial charge in [-0.05, 0) is 73.4 Å². The van der Waals surface area contributed by atoms with Crippen molar-refractivity contribution in [3.63, 3.8) is 0 Å². The summed E-state index contributed by atoms with van der Waals surface area (Å²) in [6.07, 6.45) is -2.74. The van der Waals surface area contributed by atoms with E-state index in [0.29, 0.717) is 6.04 Å². The molecule has 3 aromatic rings. The summed E-state index contributed by atoms with van der Waals surface area (Å²) in [5.74, 6) is -2.76. The van der Waals surface area contributed by atoms with Gasteiger partial charge in [-0.3, -0.25) is 0 Å². The average molecular weight is 564 g/mol. The number of alkyl halides is 3. The lowest BCUT2D eigenvalue weighted by Gasteiger charge is -2.29. The number of carboxylic acids is 1. The van der Waals surface area contributed by atoms with Gasteiger partial charge in [0.25, 0.3) is 0 Å². The molecule has 4 rings (SSSR count). The third-order valence-corrected chi connectivity index (χ3v) is 7.67. The summed E-state index contributed by atoms with van der Waals surface area (Å²) in [7, 11) is -1.42. The van der Waals surface area contributed by atoms with Gasteiger partial charge in [-0.25, -0.2) is 17.9 Å². The van der Waals surface area contributed by atoms with Crippen molar-refractivity contribution in [2.24, 2.45) is 0 Å². The van der Waals surface area contributed by atoms with Crippen LogP contribution in [0.15, 0.2) is 83.8 Å². The molecule has 3 aromatic carbocycles. The molecule has 3 N–H and O–H groups in total. The number of sulfonamides is 1. The van der Waals surface area contributed by atoms with Crippen molar-refractivity contribution in [3.05, 3.63) is 90.0 Å². The van der Waals surface area contributed by atoms with E-state index in [-0.39, 0.29) is 11.4 Å².